The largest absolute Gasteiger partial charge is 0.396 e. The van der Waals surface area contributed by atoms with Crippen molar-refractivity contribution in [1.82, 2.24) is 5.32 Å². The van der Waals surface area contributed by atoms with Gasteiger partial charge in [-0.1, -0.05) is 6.08 Å². The lowest BCUT2D eigenvalue weighted by atomic mass is 10.2. The smallest absolute Gasteiger partial charge is 0.237 e. The molecule has 0 saturated carbocycles. The second-order valence-electron chi connectivity index (χ2n) is 2.50. The van der Waals surface area contributed by atoms with Crippen LogP contribution in [-0.4, -0.2) is 30.2 Å². The van der Waals surface area contributed by atoms with Gasteiger partial charge >= 0.3 is 0 Å². The molecule has 0 aromatic carbocycles. The molecule has 0 aromatic rings. The van der Waals surface area contributed by atoms with E-state index < -0.39 is 6.04 Å². The van der Waals surface area contributed by atoms with E-state index in [1.165, 1.54) is 0 Å². The predicted molar refractivity (Wildman–Crippen MR) is 47.5 cm³/mol. The van der Waals surface area contributed by atoms with Crippen LogP contribution in [0.1, 0.15) is 12.8 Å². The Hall–Kier alpha value is -0.870. The molecule has 0 radical (unpaired) electrons. The minimum atomic E-state index is -0.513. The number of nitrogens with one attached hydrogen (secondary N) is 1. The summed E-state index contributed by atoms with van der Waals surface area (Å²) in [5, 5.41) is 11.0. The predicted octanol–water partition coefficient (Wildman–Crippen LogP) is -0.612. The number of aliphatic hydroxyl groups is 1. The van der Waals surface area contributed by atoms with E-state index in [9.17, 15) is 4.79 Å². The van der Waals surface area contributed by atoms with Gasteiger partial charge in [-0.05, 0) is 12.8 Å². The van der Waals surface area contributed by atoms with Gasteiger partial charge in [-0.2, -0.15) is 0 Å². The Kier molecular flexibility index (Phi) is 6.32. The van der Waals surface area contributed by atoms with Crippen LogP contribution in [0, 0.1) is 0 Å². The highest BCUT2D eigenvalue weighted by atomic mass is 16.3. The summed E-state index contributed by atoms with van der Waals surface area (Å²) in [5.74, 6) is -0.191. The molecule has 12 heavy (non-hydrogen) atoms. The summed E-state index contributed by atoms with van der Waals surface area (Å²) in [4.78, 5) is 11.0. The minimum absolute atomic E-state index is 0.0803. The lowest BCUT2D eigenvalue weighted by molar-refractivity contribution is -0.122. The first-order valence-corrected chi connectivity index (χ1v) is 3.97. The fourth-order valence-electron chi connectivity index (χ4n) is 0.708. The third-order valence-corrected chi connectivity index (χ3v) is 1.39. The van der Waals surface area contributed by atoms with Gasteiger partial charge in [-0.15, -0.1) is 6.58 Å². The molecule has 4 nitrogen and oxygen atoms in total. The van der Waals surface area contributed by atoms with E-state index in [1.54, 1.807) is 6.08 Å². The Bertz CT molecular complexity index is 148. The summed E-state index contributed by atoms with van der Waals surface area (Å²) in [5.41, 5.74) is 5.46. The Balaban J connectivity index is 3.49. The van der Waals surface area contributed by atoms with E-state index in [4.69, 9.17) is 10.8 Å². The average molecular weight is 172 g/mol. The summed E-state index contributed by atoms with van der Waals surface area (Å²) in [6, 6.07) is -0.513. The number of aliphatic hydroxyl groups excluding tert-OH is 1. The molecule has 0 aromatic heterocycles. The Morgan fingerprint density at radius 1 is 1.75 bits per heavy atom. The fraction of sp³-hybridized carbons (Fsp3) is 0.625. The van der Waals surface area contributed by atoms with E-state index in [2.05, 4.69) is 11.9 Å². The van der Waals surface area contributed by atoms with Crippen molar-refractivity contribution in [3.8, 4) is 0 Å². The van der Waals surface area contributed by atoms with Crippen molar-refractivity contribution < 1.29 is 9.90 Å². The van der Waals surface area contributed by atoms with Gasteiger partial charge in [0.15, 0.2) is 0 Å². The van der Waals surface area contributed by atoms with Crippen molar-refractivity contribution in [3.63, 3.8) is 0 Å². The monoisotopic (exact) mass is 172 g/mol. The Morgan fingerprint density at radius 3 is 2.92 bits per heavy atom. The third-order valence-electron chi connectivity index (χ3n) is 1.39. The maximum Gasteiger partial charge on any atom is 0.237 e. The van der Waals surface area contributed by atoms with E-state index in [-0.39, 0.29) is 12.5 Å². The van der Waals surface area contributed by atoms with Crippen LogP contribution < -0.4 is 11.1 Å². The van der Waals surface area contributed by atoms with Gasteiger partial charge in [-0.3, -0.25) is 4.79 Å². The zero-order valence-corrected chi connectivity index (χ0v) is 7.12. The molecular formula is C8H16N2O2. The van der Waals surface area contributed by atoms with Gasteiger partial charge in [0.2, 0.25) is 5.91 Å². The van der Waals surface area contributed by atoms with Crippen LogP contribution in [0.25, 0.3) is 0 Å². The zero-order valence-electron chi connectivity index (χ0n) is 7.12. The molecule has 70 valence electrons. The molecular weight excluding hydrogens is 156 g/mol. The SMILES string of the molecule is C=CCC(N)C(=O)NCCCO. The standard InChI is InChI=1S/C8H16N2O2/c1-2-4-7(9)8(12)10-5-3-6-11/h2,7,11H,1,3-6,9H2,(H,10,12). The summed E-state index contributed by atoms with van der Waals surface area (Å²) in [6.45, 7) is 4.03. The summed E-state index contributed by atoms with van der Waals surface area (Å²) in [6.07, 6.45) is 2.65. The van der Waals surface area contributed by atoms with Crippen LogP contribution >= 0.6 is 0 Å². The van der Waals surface area contributed by atoms with Gasteiger partial charge < -0.3 is 16.2 Å². The molecule has 1 unspecified atom stereocenters. The minimum Gasteiger partial charge on any atom is -0.396 e. The number of carbonyl (C=O) groups is 1. The molecule has 1 atom stereocenters. The highest BCUT2D eigenvalue weighted by Crippen LogP contribution is 1.88. The van der Waals surface area contributed by atoms with Crippen molar-refractivity contribution in [2.75, 3.05) is 13.2 Å². The highest BCUT2D eigenvalue weighted by molar-refractivity contribution is 5.81. The first-order valence-electron chi connectivity index (χ1n) is 3.97. The maximum atomic E-state index is 11.0. The molecule has 0 heterocycles. The highest BCUT2D eigenvalue weighted by Gasteiger charge is 2.09. The number of carbonyl (C=O) groups excluding carboxylic acids is 1. The van der Waals surface area contributed by atoms with Crippen LogP contribution in [0.5, 0.6) is 0 Å². The lowest BCUT2D eigenvalue weighted by Gasteiger charge is -2.08. The van der Waals surface area contributed by atoms with Crippen molar-refractivity contribution in [3.05, 3.63) is 12.7 Å². The van der Waals surface area contributed by atoms with Crippen molar-refractivity contribution >= 4 is 5.91 Å². The summed E-state index contributed by atoms with van der Waals surface area (Å²) in [7, 11) is 0. The molecule has 0 saturated heterocycles. The van der Waals surface area contributed by atoms with E-state index in [0.29, 0.717) is 19.4 Å². The molecule has 4 N–H and O–H groups in total. The van der Waals surface area contributed by atoms with Gasteiger partial charge in [0, 0.05) is 13.2 Å². The lowest BCUT2D eigenvalue weighted by Crippen LogP contribution is -2.40. The molecule has 0 bridgehead atoms. The van der Waals surface area contributed by atoms with E-state index in [1.807, 2.05) is 0 Å². The quantitative estimate of drug-likeness (QED) is 0.369. The summed E-state index contributed by atoms with van der Waals surface area (Å²) >= 11 is 0. The molecule has 0 aliphatic rings. The van der Waals surface area contributed by atoms with E-state index in [0.717, 1.165) is 0 Å². The van der Waals surface area contributed by atoms with Crippen LogP contribution in [0.3, 0.4) is 0 Å². The molecule has 1 amide bonds. The molecule has 0 aliphatic carbocycles. The van der Waals surface area contributed by atoms with Crippen LogP contribution in [0.4, 0.5) is 0 Å². The Morgan fingerprint density at radius 2 is 2.42 bits per heavy atom. The van der Waals surface area contributed by atoms with Crippen LogP contribution in [0.2, 0.25) is 0 Å². The first kappa shape index (κ1) is 11.1. The number of hydrogen-bond acceptors (Lipinski definition) is 3. The zero-order chi connectivity index (χ0) is 9.40. The average Bonchev–Trinajstić information content (AvgIpc) is 2.05. The van der Waals surface area contributed by atoms with Gasteiger partial charge in [0.05, 0.1) is 6.04 Å². The molecule has 0 fully saturated rings. The molecule has 0 spiro atoms. The van der Waals surface area contributed by atoms with Gasteiger partial charge in [0.25, 0.3) is 0 Å². The molecule has 0 rings (SSSR count). The van der Waals surface area contributed by atoms with Crippen molar-refractivity contribution in [2.24, 2.45) is 5.73 Å². The fourth-order valence-corrected chi connectivity index (χ4v) is 0.708. The molecule has 0 aliphatic heterocycles. The maximum absolute atomic E-state index is 11.0. The summed E-state index contributed by atoms with van der Waals surface area (Å²) < 4.78 is 0. The Labute approximate surface area is 72.4 Å². The van der Waals surface area contributed by atoms with Crippen molar-refractivity contribution in [2.45, 2.75) is 18.9 Å². The normalized spacial score (nSPS) is 12.2. The second kappa shape index (κ2) is 6.82. The van der Waals surface area contributed by atoms with Gasteiger partial charge in [-0.25, -0.2) is 0 Å². The van der Waals surface area contributed by atoms with Crippen LogP contribution in [0.15, 0.2) is 12.7 Å². The van der Waals surface area contributed by atoms with E-state index >= 15 is 0 Å². The number of amides is 1. The number of rotatable bonds is 6. The first-order chi connectivity index (χ1) is 5.72. The topological polar surface area (TPSA) is 75.4 Å². The van der Waals surface area contributed by atoms with Gasteiger partial charge in [0.1, 0.15) is 0 Å². The molecule has 4 heteroatoms. The second-order valence-corrected chi connectivity index (χ2v) is 2.50. The number of hydrogen-bond donors (Lipinski definition) is 3. The number of nitrogens with two attached hydrogens (primary N) is 1. The van der Waals surface area contributed by atoms with Crippen molar-refractivity contribution in [1.29, 1.82) is 0 Å². The third kappa shape index (κ3) is 4.87. The van der Waals surface area contributed by atoms with Crippen LogP contribution in [-0.2, 0) is 4.79 Å².